The molecular formula is C18H19ClN4O2. The zero-order valence-electron chi connectivity index (χ0n) is 13.9. The average Bonchev–Trinajstić information content (AvgIpc) is 3.03. The third-order valence-corrected chi connectivity index (χ3v) is 4.65. The molecule has 25 heavy (non-hydrogen) atoms. The van der Waals surface area contributed by atoms with Crippen molar-refractivity contribution in [2.75, 3.05) is 0 Å². The van der Waals surface area contributed by atoms with Crippen LogP contribution in [0.15, 0.2) is 30.6 Å². The van der Waals surface area contributed by atoms with Gasteiger partial charge in [-0.05, 0) is 37.8 Å². The number of nitrogens with one attached hydrogen (secondary N) is 1. The van der Waals surface area contributed by atoms with Crippen molar-refractivity contribution < 1.29 is 9.53 Å². The Kier molecular flexibility index (Phi) is 5.25. The Morgan fingerprint density at radius 3 is 2.76 bits per heavy atom. The molecule has 7 heteroatoms. The van der Waals surface area contributed by atoms with Crippen molar-refractivity contribution in [3.63, 3.8) is 0 Å². The van der Waals surface area contributed by atoms with Crippen LogP contribution in [-0.4, -0.2) is 27.8 Å². The highest BCUT2D eigenvalue weighted by Gasteiger charge is 2.24. The number of aryl methyl sites for hydroxylation is 1. The lowest BCUT2D eigenvalue weighted by molar-refractivity contribution is 0.0894. The molecule has 0 spiro atoms. The molecule has 3 rings (SSSR count). The number of halogens is 1. The van der Waals surface area contributed by atoms with Crippen molar-refractivity contribution in [2.24, 2.45) is 7.05 Å². The molecule has 1 heterocycles. The third kappa shape index (κ3) is 4.31. The van der Waals surface area contributed by atoms with Crippen LogP contribution in [0.5, 0.6) is 5.75 Å². The van der Waals surface area contributed by atoms with E-state index in [0.29, 0.717) is 21.9 Å². The first-order chi connectivity index (χ1) is 12.0. The summed E-state index contributed by atoms with van der Waals surface area (Å²) in [7, 11) is 1.79. The molecule has 1 saturated carbocycles. The highest BCUT2D eigenvalue weighted by atomic mass is 35.5. The smallest absolute Gasteiger partial charge is 0.254 e. The van der Waals surface area contributed by atoms with Gasteiger partial charge < -0.3 is 10.1 Å². The molecule has 2 aromatic rings. The first-order valence-corrected chi connectivity index (χ1v) is 8.59. The van der Waals surface area contributed by atoms with Crippen LogP contribution in [0.25, 0.3) is 0 Å². The van der Waals surface area contributed by atoms with Crippen molar-refractivity contribution in [1.82, 2.24) is 15.1 Å². The van der Waals surface area contributed by atoms with Crippen LogP contribution in [0.4, 0.5) is 0 Å². The summed E-state index contributed by atoms with van der Waals surface area (Å²) in [6.07, 6.45) is 6.81. The summed E-state index contributed by atoms with van der Waals surface area (Å²) in [5.74, 6) is 0.586. The van der Waals surface area contributed by atoms with E-state index in [1.807, 2.05) is 6.07 Å². The van der Waals surface area contributed by atoms with E-state index in [1.54, 1.807) is 42.3 Å². The number of aromatic nitrogens is 2. The van der Waals surface area contributed by atoms with E-state index < -0.39 is 0 Å². The molecule has 1 aliphatic carbocycles. The fraction of sp³-hybridized carbons (Fsp3) is 0.389. The summed E-state index contributed by atoms with van der Waals surface area (Å²) in [5, 5.41) is 16.4. The molecule has 1 fully saturated rings. The maximum Gasteiger partial charge on any atom is 0.254 e. The molecule has 0 saturated heterocycles. The van der Waals surface area contributed by atoms with Crippen LogP contribution in [-0.2, 0) is 7.05 Å². The molecule has 1 aromatic heterocycles. The van der Waals surface area contributed by atoms with Gasteiger partial charge in [-0.15, -0.1) is 0 Å². The Morgan fingerprint density at radius 1 is 1.40 bits per heavy atom. The highest BCUT2D eigenvalue weighted by molar-refractivity contribution is 6.31. The number of carbonyl (C=O) groups excluding carboxylic acids is 1. The van der Waals surface area contributed by atoms with Gasteiger partial charge in [-0.25, -0.2) is 0 Å². The van der Waals surface area contributed by atoms with Crippen LogP contribution >= 0.6 is 11.6 Å². The van der Waals surface area contributed by atoms with Gasteiger partial charge in [0.05, 0.1) is 28.5 Å². The molecule has 6 nitrogen and oxygen atoms in total. The Labute approximate surface area is 151 Å². The standard InChI is InChI=1S/C18H19ClN4O2/c1-23-11-13(10-21-23)18(24)22-14-3-6-15(7-4-14)25-16-5-2-12(9-20)17(19)8-16/h2,5,8,10-11,14-15H,3-4,6-7H2,1H3,(H,22,24)/t14-,15-. The van der Waals surface area contributed by atoms with Gasteiger partial charge >= 0.3 is 0 Å². The SMILES string of the molecule is Cn1cc(C(=O)N[C@H]2CC[C@H](Oc3ccc(C#N)c(Cl)c3)CC2)cn1. The fourth-order valence-corrected chi connectivity index (χ4v) is 3.20. The van der Waals surface area contributed by atoms with Crippen LogP contribution in [0, 0.1) is 11.3 Å². The Balaban J connectivity index is 1.49. The molecule has 0 atom stereocenters. The summed E-state index contributed by atoms with van der Waals surface area (Å²) in [4.78, 5) is 12.2. The lowest BCUT2D eigenvalue weighted by atomic mass is 9.92. The minimum absolute atomic E-state index is 0.0867. The van der Waals surface area contributed by atoms with E-state index in [2.05, 4.69) is 10.4 Å². The van der Waals surface area contributed by atoms with Gasteiger partial charge in [0.2, 0.25) is 0 Å². The molecule has 0 bridgehead atoms. The number of benzene rings is 1. The summed E-state index contributed by atoms with van der Waals surface area (Å²) in [6.45, 7) is 0. The van der Waals surface area contributed by atoms with Gasteiger partial charge in [0.1, 0.15) is 11.8 Å². The van der Waals surface area contributed by atoms with E-state index in [-0.39, 0.29) is 18.1 Å². The maximum atomic E-state index is 12.2. The second kappa shape index (κ2) is 7.58. The molecule has 0 unspecified atom stereocenters. The van der Waals surface area contributed by atoms with E-state index in [9.17, 15) is 4.79 Å². The zero-order valence-corrected chi connectivity index (χ0v) is 14.7. The number of carbonyl (C=O) groups is 1. The van der Waals surface area contributed by atoms with Gasteiger partial charge in [-0.2, -0.15) is 10.4 Å². The van der Waals surface area contributed by atoms with Gasteiger partial charge in [0, 0.05) is 25.4 Å². The molecule has 1 N–H and O–H groups in total. The predicted molar refractivity (Wildman–Crippen MR) is 93.5 cm³/mol. The number of nitriles is 1. The van der Waals surface area contributed by atoms with Gasteiger partial charge in [-0.3, -0.25) is 9.48 Å². The second-order valence-corrected chi connectivity index (χ2v) is 6.63. The molecule has 1 aliphatic rings. The van der Waals surface area contributed by atoms with Crippen molar-refractivity contribution in [3.8, 4) is 11.8 Å². The van der Waals surface area contributed by atoms with Crippen molar-refractivity contribution in [3.05, 3.63) is 46.7 Å². The summed E-state index contributed by atoms with van der Waals surface area (Å²) >= 11 is 6.03. The fourth-order valence-electron chi connectivity index (χ4n) is 2.98. The zero-order chi connectivity index (χ0) is 17.8. The van der Waals surface area contributed by atoms with E-state index in [0.717, 1.165) is 25.7 Å². The van der Waals surface area contributed by atoms with E-state index in [4.69, 9.17) is 21.6 Å². The molecule has 0 aliphatic heterocycles. The summed E-state index contributed by atoms with van der Waals surface area (Å²) in [5.41, 5.74) is 1.02. The minimum atomic E-state index is -0.0867. The molecule has 0 radical (unpaired) electrons. The molecule has 130 valence electrons. The van der Waals surface area contributed by atoms with Gasteiger partial charge in [-0.1, -0.05) is 11.6 Å². The van der Waals surface area contributed by atoms with Crippen LogP contribution < -0.4 is 10.1 Å². The molecular weight excluding hydrogens is 340 g/mol. The first-order valence-electron chi connectivity index (χ1n) is 8.21. The number of nitrogens with zero attached hydrogens (tertiary/aromatic N) is 3. The maximum absolute atomic E-state index is 12.2. The quantitative estimate of drug-likeness (QED) is 0.910. The van der Waals surface area contributed by atoms with Gasteiger partial charge in [0.15, 0.2) is 0 Å². The predicted octanol–water partition coefficient (Wildman–Crippen LogP) is 3.07. The highest BCUT2D eigenvalue weighted by Crippen LogP contribution is 2.27. The Hall–Kier alpha value is -2.52. The Bertz CT molecular complexity index is 804. The second-order valence-electron chi connectivity index (χ2n) is 6.22. The summed E-state index contributed by atoms with van der Waals surface area (Å²) in [6, 6.07) is 7.29. The van der Waals surface area contributed by atoms with E-state index in [1.165, 1.54) is 0 Å². The Morgan fingerprint density at radius 2 is 2.16 bits per heavy atom. The first kappa shape index (κ1) is 17.3. The van der Waals surface area contributed by atoms with Crippen LogP contribution in [0.3, 0.4) is 0 Å². The van der Waals surface area contributed by atoms with Crippen molar-refractivity contribution in [2.45, 2.75) is 37.8 Å². The van der Waals surface area contributed by atoms with E-state index >= 15 is 0 Å². The number of rotatable bonds is 4. The minimum Gasteiger partial charge on any atom is -0.490 e. The van der Waals surface area contributed by atoms with Crippen LogP contribution in [0.1, 0.15) is 41.6 Å². The van der Waals surface area contributed by atoms with Crippen LogP contribution in [0.2, 0.25) is 5.02 Å². The lowest BCUT2D eigenvalue weighted by Gasteiger charge is -2.29. The third-order valence-electron chi connectivity index (χ3n) is 4.34. The van der Waals surface area contributed by atoms with Crippen molar-refractivity contribution >= 4 is 17.5 Å². The lowest BCUT2D eigenvalue weighted by Crippen LogP contribution is -2.39. The normalized spacial score (nSPS) is 19.9. The number of ether oxygens (including phenoxy) is 1. The molecule has 1 amide bonds. The van der Waals surface area contributed by atoms with Gasteiger partial charge in [0.25, 0.3) is 5.91 Å². The monoisotopic (exact) mass is 358 g/mol. The topological polar surface area (TPSA) is 79.9 Å². The average molecular weight is 359 g/mol. The summed E-state index contributed by atoms with van der Waals surface area (Å²) < 4.78 is 7.57. The number of amides is 1. The largest absolute Gasteiger partial charge is 0.490 e. The number of hydrogen-bond donors (Lipinski definition) is 1. The van der Waals surface area contributed by atoms with Crippen molar-refractivity contribution in [1.29, 1.82) is 5.26 Å². The molecule has 1 aromatic carbocycles. The number of hydrogen-bond acceptors (Lipinski definition) is 4.